The van der Waals surface area contributed by atoms with Crippen LogP contribution in [0.4, 0.5) is 11.6 Å². The molecule has 7 nitrogen and oxygen atoms in total. The molecule has 2 rings (SSSR count). The van der Waals surface area contributed by atoms with Crippen molar-refractivity contribution >= 4 is 11.6 Å². The Kier molecular flexibility index (Phi) is 4.74. The van der Waals surface area contributed by atoms with Crippen molar-refractivity contribution < 1.29 is 9.84 Å². The second-order valence-corrected chi connectivity index (χ2v) is 5.39. The van der Waals surface area contributed by atoms with Crippen molar-refractivity contribution in [2.45, 2.75) is 37.9 Å². The Hall–Kier alpha value is -1.44. The number of aromatic nitrogens is 2. The van der Waals surface area contributed by atoms with Crippen LogP contribution in [0.3, 0.4) is 0 Å². The van der Waals surface area contributed by atoms with Crippen LogP contribution in [0.5, 0.6) is 0 Å². The van der Waals surface area contributed by atoms with Crippen molar-refractivity contribution in [3.63, 3.8) is 0 Å². The minimum atomic E-state index is -0.614. The molecule has 112 valence electrons. The first-order valence-electron chi connectivity index (χ1n) is 6.83. The molecule has 0 spiro atoms. The Labute approximate surface area is 119 Å². The van der Waals surface area contributed by atoms with E-state index in [0.717, 1.165) is 31.5 Å². The smallest absolute Gasteiger partial charge is 0.158 e. The Morgan fingerprint density at radius 2 is 2.15 bits per heavy atom. The van der Waals surface area contributed by atoms with E-state index in [1.807, 2.05) is 11.9 Å². The quantitative estimate of drug-likeness (QED) is 0.520. The van der Waals surface area contributed by atoms with Crippen molar-refractivity contribution in [3.8, 4) is 0 Å². The van der Waals surface area contributed by atoms with Gasteiger partial charge in [0, 0.05) is 26.8 Å². The predicted molar refractivity (Wildman–Crippen MR) is 77.2 cm³/mol. The van der Waals surface area contributed by atoms with Crippen LogP contribution in [0.2, 0.25) is 0 Å². The van der Waals surface area contributed by atoms with Crippen LogP contribution in [-0.4, -0.2) is 41.4 Å². The Morgan fingerprint density at radius 1 is 1.45 bits per heavy atom. The zero-order valence-corrected chi connectivity index (χ0v) is 12.1. The molecule has 0 aliphatic heterocycles. The maximum atomic E-state index is 10.5. The molecular weight excluding hydrogens is 258 g/mol. The van der Waals surface area contributed by atoms with Crippen LogP contribution in [0.1, 0.15) is 31.5 Å². The second kappa shape index (κ2) is 6.34. The molecule has 0 radical (unpaired) electrons. The van der Waals surface area contributed by atoms with E-state index in [4.69, 9.17) is 10.6 Å². The number of likely N-dealkylation sites (N-methyl/N-ethyl adjacent to an activating group) is 1. The predicted octanol–water partition coefficient (Wildman–Crippen LogP) is 0.650. The summed E-state index contributed by atoms with van der Waals surface area (Å²) in [5.74, 6) is 7.24. The number of nitrogens with one attached hydrogen (secondary N) is 1. The highest BCUT2D eigenvalue weighted by Crippen LogP contribution is 2.31. The molecule has 0 amide bonds. The lowest BCUT2D eigenvalue weighted by Gasteiger charge is -2.29. The molecule has 1 aliphatic carbocycles. The van der Waals surface area contributed by atoms with E-state index < -0.39 is 5.60 Å². The zero-order valence-electron chi connectivity index (χ0n) is 12.1. The van der Waals surface area contributed by atoms with Gasteiger partial charge in [-0.3, -0.25) is 0 Å². The molecule has 7 heteroatoms. The van der Waals surface area contributed by atoms with Gasteiger partial charge >= 0.3 is 0 Å². The topological polar surface area (TPSA) is 96.5 Å². The second-order valence-electron chi connectivity index (χ2n) is 5.39. The van der Waals surface area contributed by atoms with Crippen LogP contribution in [0, 0.1) is 0 Å². The average Bonchev–Trinajstić information content (AvgIpc) is 2.85. The Bertz CT molecular complexity index is 448. The lowest BCUT2D eigenvalue weighted by molar-refractivity contribution is 0.0557. The number of methoxy groups -OCH3 is 1. The van der Waals surface area contributed by atoms with Gasteiger partial charge in [-0.1, -0.05) is 12.8 Å². The minimum absolute atomic E-state index is 0.320. The number of anilines is 2. The number of nitrogen functional groups attached to an aromatic ring is 1. The first-order valence-corrected chi connectivity index (χ1v) is 6.83. The van der Waals surface area contributed by atoms with Crippen LogP contribution in [-0.2, 0) is 11.3 Å². The summed E-state index contributed by atoms with van der Waals surface area (Å²) >= 11 is 0. The third-order valence-corrected chi connectivity index (χ3v) is 3.64. The van der Waals surface area contributed by atoms with E-state index in [1.165, 1.54) is 0 Å². The summed E-state index contributed by atoms with van der Waals surface area (Å²) in [6.45, 7) is 0.876. The van der Waals surface area contributed by atoms with Gasteiger partial charge in [0.2, 0.25) is 0 Å². The van der Waals surface area contributed by atoms with Crippen LogP contribution in [0.25, 0.3) is 0 Å². The van der Waals surface area contributed by atoms with E-state index >= 15 is 0 Å². The normalized spacial score (nSPS) is 17.2. The highest BCUT2D eigenvalue weighted by atomic mass is 16.5. The van der Waals surface area contributed by atoms with Gasteiger partial charge in [-0.15, -0.1) is 0 Å². The minimum Gasteiger partial charge on any atom is -0.388 e. The molecule has 4 N–H and O–H groups in total. The largest absolute Gasteiger partial charge is 0.388 e. The average molecular weight is 281 g/mol. The highest BCUT2D eigenvalue weighted by molar-refractivity contribution is 5.48. The fraction of sp³-hybridized carbons (Fsp3) is 0.692. The lowest BCUT2D eigenvalue weighted by atomic mass is 10.0. The summed E-state index contributed by atoms with van der Waals surface area (Å²) < 4.78 is 5.05. The Morgan fingerprint density at radius 3 is 2.75 bits per heavy atom. The zero-order chi connectivity index (χ0) is 14.6. The van der Waals surface area contributed by atoms with Crippen molar-refractivity contribution in [3.05, 3.63) is 11.9 Å². The molecule has 1 aromatic heterocycles. The standard InChI is InChI=1S/C13H23N5O2/c1-18(9-13(19)5-3-4-6-13)12-7-10(17-14)15-11(16-12)8-20-2/h7,19H,3-6,8-9,14H2,1-2H3,(H,15,16,17). The molecule has 1 aromatic rings. The van der Waals surface area contributed by atoms with Gasteiger partial charge in [0.05, 0.1) is 5.60 Å². The fourth-order valence-corrected chi connectivity index (χ4v) is 2.66. The number of hydrogen-bond acceptors (Lipinski definition) is 7. The van der Waals surface area contributed by atoms with Gasteiger partial charge in [0.15, 0.2) is 5.82 Å². The number of hydrazine groups is 1. The molecule has 0 unspecified atom stereocenters. The molecule has 1 aliphatic rings. The summed E-state index contributed by atoms with van der Waals surface area (Å²) in [5, 5.41) is 10.5. The van der Waals surface area contributed by atoms with Gasteiger partial charge in [0.1, 0.15) is 18.2 Å². The van der Waals surface area contributed by atoms with Crippen molar-refractivity contribution in [2.24, 2.45) is 5.84 Å². The Balaban J connectivity index is 2.15. The monoisotopic (exact) mass is 281 g/mol. The summed E-state index contributed by atoms with van der Waals surface area (Å²) in [4.78, 5) is 10.6. The van der Waals surface area contributed by atoms with Gasteiger partial charge < -0.3 is 20.2 Å². The molecule has 0 atom stereocenters. The first-order chi connectivity index (χ1) is 9.56. The van der Waals surface area contributed by atoms with Gasteiger partial charge in [-0.05, 0) is 12.8 Å². The van der Waals surface area contributed by atoms with Crippen LogP contribution >= 0.6 is 0 Å². The molecule has 1 fully saturated rings. The van der Waals surface area contributed by atoms with E-state index in [2.05, 4.69) is 15.4 Å². The molecule has 0 saturated heterocycles. The third-order valence-electron chi connectivity index (χ3n) is 3.64. The van der Waals surface area contributed by atoms with Gasteiger partial charge in [-0.2, -0.15) is 0 Å². The maximum absolute atomic E-state index is 10.5. The molecule has 1 heterocycles. The number of aliphatic hydroxyl groups is 1. The summed E-state index contributed by atoms with van der Waals surface area (Å²) in [7, 11) is 3.51. The highest BCUT2D eigenvalue weighted by Gasteiger charge is 2.32. The number of rotatable bonds is 6. The molecule has 0 aromatic carbocycles. The fourth-order valence-electron chi connectivity index (χ4n) is 2.66. The number of nitrogens with two attached hydrogens (primary N) is 1. The number of ether oxygens (including phenoxy) is 1. The first kappa shape index (κ1) is 15.0. The number of hydrogen-bond donors (Lipinski definition) is 3. The van der Waals surface area contributed by atoms with Gasteiger partial charge in [-0.25, -0.2) is 15.8 Å². The number of nitrogens with zero attached hydrogens (tertiary/aromatic N) is 3. The van der Waals surface area contributed by atoms with Gasteiger partial charge in [0.25, 0.3) is 0 Å². The van der Waals surface area contributed by atoms with Crippen molar-refractivity contribution in [2.75, 3.05) is 31.0 Å². The van der Waals surface area contributed by atoms with E-state index in [0.29, 0.717) is 24.8 Å². The SMILES string of the molecule is COCc1nc(NN)cc(N(C)CC2(O)CCCC2)n1. The molecule has 1 saturated carbocycles. The third kappa shape index (κ3) is 3.56. The molecular formula is C13H23N5O2. The summed E-state index contributed by atoms with van der Waals surface area (Å²) in [6, 6.07) is 1.76. The summed E-state index contributed by atoms with van der Waals surface area (Å²) in [6.07, 6.45) is 3.85. The van der Waals surface area contributed by atoms with E-state index in [9.17, 15) is 5.11 Å². The van der Waals surface area contributed by atoms with Crippen LogP contribution in [0.15, 0.2) is 6.07 Å². The van der Waals surface area contributed by atoms with Crippen LogP contribution < -0.4 is 16.2 Å². The van der Waals surface area contributed by atoms with E-state index in [-0.39, 0.29) is 0 Å². The summed E-state index contributed by atoms with van der Waals surface area (Å²) in [5.41, 5.74) is 1.91. The molecule has 0 bridgehead atoms. The van der Waals surface area contributed by atoms with Crippen molar-refractivity contribution in [1.29, 1.82) is 0 Å². The molecule has 20 heavy (non-hydrogen) atoms. The maximum Gasteiger partial charge on any atom is 0.158 e. The van der Waals surface area contributed by atoms with Crippen molar-refractivity contribution in [1.82, 2.24) is 9.97 Å². The van der Waals surface area contributed by atoms with E-state index in [1.54, 1.807) is 13.2 Å². The lowest BCUT2D eigenvalue weighted by Crippen LogP contribution is -2.39.